The lowest BCUT2D eigenvalue weighted by atomic mass is 10.2. The summed E-state index contributed by atoms with van der Waals surface area (Å²) in [5.41, 5.74) is 2.88. The van der Waals surface area contributed by atoms with Gasteiger partial charge in [0.1, 0.15) is 0 Å². The highest BCUT2D eigenvalue weighted by Crippen LogP contribution is 2.15. The number of carbonyl (C=O) groups is 1. The average Bonchev–Trinajstić information content (AvgIpc) is 2.49. The van der Waals surface area contributed by atoms with Crippen molar-refractivity contribution in [1.29, 1.82) is 0 Å². The summed E-state index contributed by atoms with van der Waals surface area (Å²) in [4.78, 5) is 12.2. The number of benzene rings is 2. The van der Waals surface area contributed by atoms with Crippen LogP contribution in [0.1, 0.15) is 16.1 Å². The highest BCUT2D eigenvalue weighted by Gasteiger charge is 2.10. The van der Waals surface area contributed by atoms with Gasteiger partial charge in [0.25, 0.3) is 5.91 Å². The lowest BCUT2D eigenvalue weighted by Crippen LogP contribution is -2.15. The molecule has 1 aromatic heterocycles. The number of amides is 1. The zero-order valence-electron chi connectivity index (χ0n) is 11.0. The van der Waals surface area contributed by atoms with E-state index >= 15 is 0 Å². The van der Waals surface area contributed by atoms with Gasteiger partial charge in [0.15, 0.2) is 5.69 Å². The number of hydrogen-bond donors (Lipinski definition) is 1. The van der Waals surface area contributed by atoms with Gasteiger partial charge in [-0.25, -0.2) is 0 Å². The van der Waals surface area contributed by atoms with Crippen molar-refractivity contribution in [3.63, 3.8) is 0 Å². The van der Waals surface area contributed by atoms with Gasteiger partial charge in [-0.3, -0.25) is 4.79 Å². The van der Waals surface area contributed by atoms with Crippen LogP contribution in [0.15, 0.2) is 54.6 Å². The van der Waals surface area contributed by atoms with Crippen LogP contribution in [-0.4, -0.2) is 16.1 Å². The Morgan fingerprint density at radius 2 is 1.75 bits per heavy atom. The molecule has 0 unspecified atom stereocenters. The number of para-hydroxylation sites is 1. The van der Waals surface area contributed by atoms with Gasteiger partial charge in [0, 0.05) is 11.1 Å². The van der Waals surface area contributed by atoms with E-state index in [-0.39, 0.29) is 5.91 Å². The van der Waals surface area contributed by atoms with E-state index in [0.29, 0.717) is 5.69 Å². The molecule has 0 bridgehead atoms. The van der Waals surface area contributed by atoms with E-state index in [1.807, 2.05) is 55.5 Å². The Morgan fingerprint density at radius 1 is 1.00 bits per heavy atom. The molecule has 0 aliphatic rings. The molecule has 1 N–H and O–H groups in total. The first kappa shape index (κ1) is 12.3. The first-order chi connectivity index (χ1) is 9.74. The molecule has 0 aliphatic carbocycles. The summed E-state index contributed by atoms with van der Waals surface area (Å²) in [7, 11) is 0. The van der Waals surface area contributed by atoms with Crippen LogP contribution in [0.2, 0.25) is 0 Å². The second-order valence-electron chi connectivity index (χ2n) is 4.56. The molecule has 0 aliphatic heterocycles. The van der Waals surface area contributed by atoms with Crippen LogP contribution < -0.4 is 5.32 Å². The van der Waals surface area contributed by atoms with Crippen LogP contribution in [0, 0.1) is 6.92 Å². The fourth-order valence-corrected chi connectivity index (χ4v) is 2.00. The molecule has 1 heterocycles. The van der Waals surface area contributed by atoms with Crippen molar-refractivity contribution in [2.45, 2.75) is 6.92 Å². The molecule has 4 heteroatoms. The standard InChI is InChI=1S/C16H13N3O/c1-11-6-2-4-8-13(11)17-16(20)15-10-12-7-3-5-9-14(12)18-19-15/h2-10H,1H3,(H,17,20). The van der Waals surface area contributed by atoms with Crippen LogP contribution in [0.4, 0.5) is 5.69 Å². The third-order valence-electron chi connectivity index (χ3n) is 3.12. The minimum absolute atomic E-state index is 0.252. The molecule has 0 radical (unpaired) electrons. The van der Waals surface area contributed by atoms with Gasteiger partial charge in [-0.1, -0.05) is 36.4 Å². The number of hydrogen-bond acceptors (Lipinski definition) is 3. The van der Waals surface area contributed by atoms with Gasteiger partial charge in [-0.15, -0.1) is 10.2 Å². The first-order valence-electron chi connectivity index (χ1n) is 6.33. The molecule has 0 spiro atoms. The second-order valence-corrected chi connectivity index (χ2v) is 4.56. The summed E-state index contributed by atoms with van der Waals surface area (Å²) >= 11 is 0. The summed E-state index contributed by atoms with van der Waals surface area (Å²) in [6.45, 7) is 1.95. The van der Waals surface area contributed by atoms with Crippen LogP contribution in [-0.2, 0) is 0 Å². The number of rotatable bonds is 2. The average molecular weight is 263 g/mol. The number of fused-ring (bicyclic) bond motifs is 1. The summed E-state index contributed by atoms with van der Waals surface area (Å²) < 4.78 is 0. The lowest BCUT2D eigenvalue weighted by molar-refractivity contribution is 0.102. The molecule has 0 saturated carbocycles. The van der Waals surface area contributed by atoms with Crippen molar-refractivity contribution in [3.8, 4) is 0 Å². The highest BCUT2D eigenvalue weighted by molar-refractivity contribution is 6.04. The number of anilines is 1. The van der Waals surface area contributed by atoms with Gasteiger partial charge >= 0.3 is 0 Å². The first-order valence-corrected chi connectivity index (χ1v) is 6.33. The molecule has 4 nitrogen and oxygen atoms in total. The van der Waals surface area contributed by atoms with Crippen molar-refractivity contribution in [1.82, 2.24) is 10.2 Å². The zero-order chi connectivity index (χ0) is 13.9. The minimum atomic E-state index is -0.252. The van der Waals surface area contributed by atoms with E-state index in [9.17, 15) is 4.79 Å². The van der Waals surface area contributed by atoms with Crippen molar-refractivity contribution in [2.75, 3.05) is 5.32 Å². The Kier molecular flexibility index (Phi) is 3.13. The minimum Gasteiger partial charge on any atom is -0.320 e. The van der Waals surface area contributed by atoms with Crippen molar-refractivity contribution < 1.29 is 4.79 Å². The van der Waals surface area contributed by atoms with Crippen molar-refractivity contribution >= 4 is 22.5 Å². The van der Waals surface area contributed by atoms with E-state index in [1.54, 1.807) is 6.07 Å². The molecular weight excluding hydrogens is 250 g/mol. The van der Waals surface area contributed by atoms with Crippen LogP contribution in [0.3, 0.4) is 0 Å². The van der Waals surface area contributed by atoms with Gasteiger partial charge in [-0.2, -0.15) is 0 Å². The predicted octanol–water partition coefficient (Wildman–Crippen LogP) is 3.19. The number of nitrogens with zero attached hydrogens (tertiary/aromatic N) is 2. The largest absolute Gasteiger partial charge is 0.320 e. The van der Waals surface area contributed by atoms with Crippen molar-refractivity contribution in [2.24, 2.45) is 0 Å². The fraction of sp³-hybridized carbons (Fsp3) is 0.0625. The number of nitrogens with one attached hydrogen (secondary N) is 1. The fourth-order valence-electron chi connectivity index (χ4n) is 2.00. The molecule has 0 fully saturated rings. The van der Waals surface area contributed by atoms with Gasteiger partial charge < -0.3 is 5.32 Å². The Bertz CT molecular complexity index is 783. The lowest BCUT2D eigenvalue weighted by Gasteiger charge is -2.07. The topological polar surface area (TPSA) is 54.9 Å². The molecule has 3 rings (SSSR count). The number of aromatic nitrogens is 2. The molecule has 0 atom stereocenters. The van der Waals surface area contributed by atoms with Crippen LogP contribution in [0.25, 0.3) is 10.9 Å². The second kappa shape index (κ2) is 5.09. The maximum Gasteiger partial charge on any atom is 0.276 e. The van der Waals surface area contributed by atoms with E-state index in [2.05, 4.69) is 15.5 Å². The van der Waals surface area contributed by atoms with Gasteiger partial charge in [0.05, 0.1) is 5.52 Å². The highest BCUT2D eigenvalue weighted by atomic mass is 16.1. The monoisotopic (exact) mass is 263 g/mol. The van der Waals surface area contributed by atoms with Crippen molar-refractivity contribution in [3.05, 3.63) is 65.9 Å². The van der Waals surface area contributed by atoms with E-state index in [0.717, 1.165) is 22.2 Å². The molecule has 20 heavy (non-hydrogen) atoms. The summed E-state index contributed by atoms with van der Waals surface area (Å²) in [5, 5.41) is 11.8. The number of aryl methyl sites for hydroxylation is 1. The summed E-state index contributed by atoms with van der Waals surface area (Å²) in [5.74, 6) is -0.252. The van der Waals surface area contributed by atoms with Crippen LogP contribution in [0.5, 0.6) is 0 Å². The molecule has 2 aromatic carbocycles. The SMILES string of the molecule is Cc1ccccc1NC(=O)c1cc2ccccc2nn1. The quantitative estimate of drug-likeness (QED) is 0.772. The maximum absolute atomic E-state index is 12.2. The Labute approximate surface area is 116 Å². The maximum atomic E-state index is 12.2. The molecule has 1 amide bonds. The zero-order valence-corrected chi connectivity index (χ0v) is 11.0. The molecule has 98 valence electrons. The number of carbonyl (C=O) groups excluding carboxylic acids is 1. The van der Waals surface area contributed by atoms with Crippen LogP contribution >= 0.6 is 0 Å². The van der Waals surface area contributed by atoms with E-state index < -0.39 is 0 Å². The normalized spacial score (nSPS) is 10.4. The molecular formula is C16H13N3O. The Balaban J connectivity index is 1.91. The summed E-state index contributed by atoms with van der Waals surface area (Å²) in [6.07, 6.45) is 0. The van der Waals surface area contributed by atoms with E-state index in [1.165, 1.54) is 0 Å². The molecule has 3 aromatic rings. The Morgan fingerprint density at radius 3 is 2.60 bits per heavy atom. The van der Waals surface area contributed by atoms with E-state index in [4.69, 9.17) is 0 Å². The van der Waals surface area contributed by atoms with Gasteiger partial charge in [0.2, 0.25) is 0 Å². The molecule has 0 saturated heterocycles. The Hall–Kier alpha value is -2.75. The smallest absolute Gasteiger partial charge is 0.276 e. The summed E-state index contributed by atoms with van der Waals surface area (Å²) in [6, 6.07) is 17.0. The predicted molar refractivity (Wildman–Crippen MR) is 78.7 cm³/mol. The third kappa shape index (κ3) is 2.36. The third-order valence-corrected chi connectivity index (χ3v) is 3.12. The van der Waals surface area contributed by atoms with Gasteiger partial charge in [-0.05, 0) is 30.7 Å².